The molecule has 1 fully saturated rings. The van der Waals surface area contributed by atoms with Gasteiger partial charge in [-0.2, -0.15) is 4.98 Å². The molecule has 8 nitrogen and oxygen atoms in total. The molecule has 1 aliphatic carbocycles. The average molecular weight is 408 g/mol. The molecule has 2 N–H and O–H groups in total. The van der Waals surface area contributed by atoms with Gasteiger partial charge in [-0.1, -0.05) is 28.9 Å². The highest BCUT2D eigenvalue weighted by molar-refractivity contribution is 6.30. The van der Waals surface area contributed by atoms with Crippen molar-refractivity contribution in [2.75, 3.05) is 0 Å². The molecule has 0 unspecified atom stereocenters. The molecule has 1 heterocycles. The molecule has 1 aromatic heterocycles. The number of carbonyl (C=O) groups is 2. The van der Waals surface area contributed by atoms with E-state index in [1.165, 1.54) is 0 Å². The van der Waals surface area contributed by atoms with Crippen LogP contribution in [0.1, 0.15) is 56.9 Å². The summed E-state index contributed by atoms with van der Waals surface area (Å²) in [6.45, 7) is 5.28. The van der Waals surface area contributed by atoms with E-state index in [4.69, 9.17) is 20.9 Å². The Morgan fingerprint density at radius 1 is 1.32 bits per heavy atom. The predicted octanol–water partition coefficient (Wildman–Crippen LogP) is 3.65. The Morgan fingerprint density at radius 3 is 2.50 bits per heavy atom. The van der Waals surface area contributed by atoms with E-state index in [1.807, 2.05) is 12.1 Å². The topological polar surface area (TPSA) is 115 Å². The van der Waals surface area contributed by atoms with Crippen molar-refractivity contribution in [3.63, 3.8) is 0 Å². The number of alkyl carbamates (subject to hydrolysis) is 1. The Balaban J connectivity index is 1.83. The normalized spacial score (nSPS) is 16.3. The van der Waals surface area contributed by atoms with Crippen molar-refractivity contribution in [3.05, 3.63) is 46.6 Å². The van der Waals surface area contributed by atoms with Crippen LogP contribution in [-0.4, -0.2) is 32.9 Å². The number of carbonyl (C=O) groups excluding carboxylic acids is 1. The van der Waals surface area contributed by atoms with Crippen LogP contribution in [0.15, 0.2) is 28.8 Å². The summed E-state index contributed by atoms with van der Waals surface area (Å²) < 4.78 is 10.5. The number of ether oxygens (including phenoxy) is 1. The molecule has 28 heavy (non-hydrogen) atoms. The molecule has 1 saturated carbocycles. The van der Waals surface area contributed by atoms with Gasteiger partial charge in [0.15, 0.2) is 5.82 Å². The molecule has 0 saturated heterocycles. The summed E-state index contributed by atoms with van der Waals surface area (Å²) in [4.78, 5) is 28.0. The van der Waals surface area contributed by atoms with Gasteiger partial charge in [-0.3, -0.25) is 4.79 Å². The van der Waals surface area contributed by atoms with Crippen molar-refractivity contribution >= 4 is 23.7 Å². The average Bonchev–Trinajstić information content (AvgIpc) is 3.25. The van der Waals surface area contributed by atoms with Gasteiger partial charge in [-0.15, -0.1) is 0 Å². The second kappa shape index (κ2) is 7.43. The van der Waals surface area contributed by atoms with Crippen molar-refractivity contribution < 1.29 is 24.0 Å². The van der Waals surface area contributed by atoms with Crippen molar-refractivity contribution in [2.24, 2.45) is 0 Å². The number of aliphatic carboxylic acids is 1. The first-order chi connectivity index (χ1) is 13.1. The van der Waals surface area contributed by atoms with Crippen LogP contribution in [0.5, 0.6) is 0 Å². The highest BCUT2D eigenvalue weighted by Gasteiger charge is 2.57. The number of nitrogens with zero attached hydrogens (tertiary/aromatic N) is 2. The lowest BCUT2D eigenvalue weighted by atomic mass is 10.1. The lowest BCUT2D eigenvalue weighted by Gasteiger charge is -2.22. The highest BCUT2D eigenvalue weighted by atomic mass is 35.5. The van der Waals surface area contributed by atoms with Crippen molar-refractivity contribution in [1.29, 1.82) is 0 Å². The van der Waals surface area contributed by atoms with Gasteiger partial charge in [0.25, 0.3) is 0 Å². The standard InChI is InChI=1S/C19H22ClN3O5/c1-18(2,3)27-17(26)21-13(10-11-4-6-12(20)7-5-11)14-22-15(28-23-14)19(8-9-19)16(24)25/h4-7,13H,8-10H2,1-3H3,(H,21,26)(H,24,25)/t13-/m0/s1. The molecule has 1 amide bonds. The monoisotopic (exact) mass is 407 g/mol. The molecule has 0 aliphatic heterocycles. The number of hydrogen-bond donors (Lipinski definition) is 2. The van der Waals surface area contributed by atoms with Gasteiger partial charge >= 0.3 is 12.1 Å². The molecule has 0 bridgehead atoms. The number of rotatable bonds is 6. The minimum atomic E-state index is -1.11. The zero-order valence-electron chi connectivity index (χ0n) is 15.9. The Kier molecular flexibility index (Phi) is 5.34. The van der Waals surface area contributed by atoms with Crippen LogP contribution < -0.4 is 5.32 Å². The maximum atomic E-state index is 12.3. The summed E-state index contributed by atoms with van der Waals surface area (Å²) in [7, 11) is 0. The van der Waals surface area contributed by atoms with Gasteiger partial charge in [0.2, 0.25) is 5.89 Å². The number of nitrogens with one attached hydrogen (secondary N) is 1. The second-order valence-electron chi connectivity index (χ2n) is 7.87. The Bertz CT molecular complexity index is 868. The predicted molar refractivity (Wildman–Crippen MR) is 100 cm³/mol. The Morgan fingerprint density at radius 2 is 1.96 bits per heavy atom. The van der Waals surface area contributed by atoms with E-state index in [-0.39, 0.29) is 11.7 Å². The second-order valence-corrected chi connectivity index (χ2v) is 8.31. The molecule has 150 valence electrons. The van der Waals surface area contributed by atoms with Crippen LogP contribution in [0, 0.1) is 0 Å². The first kappa shape index (κ1) is 20.1. The number of carboxylic acids is 1. The summed E-state index contributed by atoms with van der Waals surface area (Å²) in [5.41, 5.74) is -0.892. The smallest absolute Gasteiger partial charge is 0.408 e. The Hall–Kier alpha value is -2.61. The summed E-state index contributed by atoms with van der Waals surface area (Å²) in [5, 5.41) is 16.7. The van der Waals surface area contributed by atoms with Crippen LogP contribution in [0.25, 0.3) is 0 Å². The maximum absolute atomic E-state index is 12.3. The van der Waals surface area contributed by atoms with Gasteiger partial charge in [0.05, 0.1) is 6.04 Å². The van der Waals surface area contributed by atoms with Crippen LogP contribution in [0.4, 0.5) is 4.79 Å². The fourth-order valence-electron chi connectivity index (χ4n) is 2.73. The highest BCUT2D eigenvalue weighted by Crippen LogP contribution is 2.47. The third kappa shape index (κ3) is 4.62. The number of benzene rings is 1. The molecule has 9 heteroatoms. The summed E-state index contributed by atoms with van der Waals surface area (Å²) in [6.07, 6.45) is 0.628. The minimum Gasteiger partial charge on any atom is -0.480 e. The summed E-state index contributed by atoms with van der Waals surface area (Å²) in [5.74, 6) is -0.734. The third-order valence-electron chi connectivity index (χ3n) is 4.37. The largest absolute Gasteiger partial charge is 0.480 e. The van der Waals surface area contributed by atoms with Crippen molar-refractivity contribution in [1.82, 2.24) is 15.5 Å². The zero-order valence-corrected chi connectivity index (χ0v) is 16.6. The third-order valence-corrected chi connectivity index (χ3v) is 4.62. The lowest BCUT2D eigenvalue weighted by Crippen LogP contribution is -2.36. The van der Waals surface area contributed by atoms with Gasteiger partial charge < -0.3 is 19.7 Å². The zero-order chi connectivity index (χ0) is 20.5. The Labute approximate surface area is 167 Å². The minimum absolute atomic E-state index is 0.0575. The fourth-order valence-corrected chi connectivity index (χ4v) is 2.85. The fraction of sp³-hybridized carbons (Fsp3) is 0.474. The van der Waals surface area contributed by atoms with Crippen LogP contribution in [0.2, 0.25) is 5.02 Å². The number of aromatic nitrogens is 2. The molecule has 3 rings (SSSR count). The first-order valence-electron chi connectivity index (χ1n) is 8.90. The van der Waals surface area contributed by atoms with E-state index in [2.05, 4.69) is 15.5 Å². The van der Waals surface area contributed by atoms with E-state index >= 15 is 0 Å². The van der Waals surface area contributed by atoms with Gasteiger partial charge in [0.1, 0.15) is 11.0 Å². The molecule has 2 aromatic rings. The summed E-state index contributed by atoms with van der Waals surface area (Å²) in [6, 6.07) is 6.48. The van der Waals surface area contributed by atoms with E-state index in [0.717, 1.165) is 5.56 Å². The first-order valence-corrected chi connectivity index (χ1v) is 9.28. The molecule has 0 radical (unpaired) electrons. The van der Waals surface area contributed by atoms with E-state index < -0.39 is 29.1 Å². The molecule has 1 aromatic carbocycles. The number of amides is 1. The van der Waals surface area contributed by atoms with Crippen LogP contribution >= 0.6 is 11.6 Å². The number of halogens is 1. The molecular weight excluding hydrogens is 386 g/mol. The lowest BCUT2D eigenvalue weighted by molar-refractivity contribution is -0.140. The van der Waals surface area contributed by atoms with E-state index in [0.29, 0.717) is 24.3 Å². The van der Waals surface area contributed by atoms with Crippen LogP contribution in [-0.2, 0) is 21.4 Å². The maximum Gasteiger partial charge on any atom is 0.408 e. The van der Waals surface area contributed by atoms with Gasteiger partial charge in [-0.05, 0) is 51.3 Å². The number of hydrogen-bond acceptors (Lipinski definition) is 6. The SMILES string of the molecule is CC(C)(C)OC(=O)N[C@@H](Cc1ccc(Cl)cc1)c1noc(C2(C(=O)O)CC2)n1. The van der Waals surface area contributed by atoms with Crippen LogP contribution in [0.3, 0.4) is 0 Å². The van der Waals surface area contributed by atoms with Gasteiger partial charge in [-0.25, -0.2) is 4.79 Å². The summed E-state index contributed by atoms with van der Waals surface area (Å²) >= 11 is 5.93. The van der Waals surface area contributed by atoms with E-state index in [1.54, 1.807) is 32.9 Å². The molecule has 1 atom stereocenters. The number of carboxylic acid groups (broad SMARTS) is 1. The molecule has 1 aliphatic rings. The van der Waals surface area contributed by atoms with Crippen molar-refractivity contribution in [3.8, 4) is 0 Å². The van der Waals surface area contributed by atoms with E-state index in [9.17, 15) is 14.7 Å². The molecule has 0 spiro atoms. The molecular formula is C19H22ClN3O5. The van der Waals surface area contributed by atoms with Crippen molar-refractivity contribution in [2.45, 2.75) is 57.1 Å². The quantitative estimate of drug-likeness (QED) is 0.750. The van der Waals surface area contributed by atoms with Gasteiger partial charge in [0, 0.05) is 11.4 Å².